The van der Waals surface area contributed by atoms with Gasteiger partial charge in [-0.15, -0.1) is 0 Å². The van der Waals surface area contributed by atoms with Crippen molar-refractivity contribution in [3.8, 4) is 0 Å². The predicted octanol–water partition coefficient (Wildman–Crippen LogP) is 2.55. The van der Waals surface area contributed by atoms with Crippen LogP contribution in [0.3, 0.4) is 0 Å². The first-order chi connectivity index (χ1) is 10.2. The minimum Gasteiger partial charge on any atom is -0.411 e. The molecule has 5 heteroatoms. The summed E-state index contributed by atoms with van der Waals surface area (Å²) in [5.41, 5.74) is 2.04. The van der Waals surface area contributed by atoms with Gasteiger partial charge in [-0.2, -0.15) is 0 Å². The number of carbonyl (C=O) groups excluding carboxylic acids is 1. The first-order valence-corrected chi connectivity index (χ1v) is 7.05. The van der Waals surface area contributed by atoms with E-state index >= 15 is 0 Å². The first-order valence-electron chi connectivity index (χ1n) is 7.05. The molecule has 0 bridgehead atoms. The van der Waals surface area contributed by atoms with E-state index in [0.717, 1.165) is 16.6 Å². The normalized spacial score (nSPS) is 20.9. The number of rotatable bonds is 1. The van der Waals surface area contributed by atoms with Crippen LogP contribution in [0.4, 0.5) is 0 Å². The van der Waals surface area contributed by atoms with Crippen molar-refractivity contribution in [2.75, 3.05) is 13.1 Å². The number of oxime groups is 1. The molecule has 2 aromatic rings. The van der Waals surface area contributed by atoms with Gasteiger partial charge in [0.2, 0.25) is 0 Å². The molecule has 1 amide bonds. The lowest BCUT2D eigenvalue weighted by Gasteiger charge is -2.31. The summed E-state index contributed by atoms with van der Waals surface area (Å²) in [4.78, 5) is 18.8. The van der Waals surface area contributed by atoms with Crippen molar-refractivity contribution in [3.63, 3.8) is 0 Å². The summed E-state index contributed by atoms with van der Waals surface area (Å²) in [6.45, 7) is 3.09. The third-order valence-electron chi connectivity index (χ3n) is 3.93. The summed E-state index contributed by atoms with van der Waals surface area (Å²) < 4.78 is 0. The molecule has 0 aliphatic carbocycles. The molecule has 108 valence electrons. The topological polar surface area (TPSA) is 65.8 Å². The van der Waals surface area contributed by atoms with Crippen LogP contribution in [0.2, 0.25) is 0 Å². The Kier molecular flexibility index (Phi) is 3.56. The number of pyridine rings is 1. The van der Waals surface area contributed by atoms with Crippen LogP contribution in [-0.4, -0.2) is 39.8 Å². The zero-order valence-electron chi connectivity index (χ0n) is 11.9. The summed E-state index contributed by atoms with van der Waals surface area (Å²) in [5.74, 6) is 0.0118. The molecule has 1 aliphatic heterocycles. The highest BCUT2D eigenvalue weighted by atomic mass is 16.4. The van der Waals surface area contributed by atoms with Crippen molar-refractivity contribution in [1.82, 2.24) is 9.88 Å². The molecule has 0 radical (unpaired) electrons. The van der Waals surface area contributed by atoms with Gasteiger partial charge in [0.05, 0.1) is 11.2 Å². The highest BCUT2D eigenvalue weighted by Crippen LogP contribution is 2.18. The smallest absolute Gasteiger partial charge is 0.272 e. The zero-order chi connectivity index (χ0) is 14.8. The molecule has 1 aliphatic rings. The van der Waals surface area contributed by atoms with E-state index in [4.69, 9.17) is 5.21 Å². The summed E-state index contributed by atoms with van der Waals surface area (Å²) in [5, 5.41) is 13.2. The van der Waals surface area contributed by atoms with Crippen LogP contribution in [0.15, 0.2) is 41.6 Å². The van der Waals surface area contributed by atoms with Gasteiger partial charge in [-0.3, -0.25) is 4.79 Å². The number of hydrogen-bond acceptors (Lipinski definition) is 4. The van der Waals surface area contributed by atoms with E-state index in [1.807, 2.05) is 37.3 Å². The second-order valence-corrected chi connectivity index (χ2v) is 5.38. The fourth-order valence-electron chi connectivity index (χ4n) is 2.70. The number of likely N-dealkylation sites (tertiary alicyclic amines) is 1. The van der Waals surface area contributed by atoms with Crippen LogP contribution in [-0.2, 0) is 0 Å². The molecule has 1 N–H and O–H groups in total. The average molecular weight is 283 g/mol. The fourth-order valence-corrected chi connectivity index (χ4v) is 2.70. The Labute approximate surface area is 122 Å². The number of nitrogens with zero attached hydrogens (tertiary/aromatic N) is 3. The number of para-hydroxylation sites is 1. The minimum absolute atomic E-state index is 0.0652. The van der Waals surface area contributed by atoms with Crippen LogP contribution < -0.4 is 0 Å². The predicted molar refractivity (Wildman–Crippen MR) is 80.6 cm³/mol. The molecule has 0 spiro atoms. The Morgan fingerprint density at radius 1 is 1.33 bits per heavy atom. The van der Waals surface area contributed by atoms with Gasteiger partial charge in [-0.1, -0.05) is 36.3 Å². The molecule has 1 saturated heterocycles. The van der Waals surface area contributed by atoms with Gasteiger partial charge in [-0.25, -0.2) is 4.98 Å². The van der Waals surface area contributed by atoms with Crippen molar-refractivity contribution in [3.05, 3.63) is 42.1 Å². The Balaban J connectivity index is 1.84. The standard InChI is InChI=1S/C16H17N3O2/c1-11-10-19(9-8-13(11)18-21)16(20)15-7-6-12-4-2-3-5-14(12)17-15/h2-7,11,21H,8-10H2,1H3/b18-13+. The van der Waals surface area contributed by atoms with Crippen molar-refractivity contribution in [1.29, 1.82) is 0 Å². The third kappa shape index (κ3) is 2.59. The number of piperidine rings is 1. The number of aromatic nitrogens is 1. The van der Waals surface area contributed by atoms with Gasteiger partial charge in [0.15, 0.2) is 0 Å². The third-order valence-corrected chi connectivity index (χ3v) is 3.93. The van der Waals surface area contributed by atoms with Crippen molar-refractivity contribution in [2.24, 2.45) is 11.1 Å². The van der Waals surface area contributed by atoms with Crippen LogP contribution in [0.5, 0.6) is 0 Å². The van der Waals surface area contributed by atoms with E-state index in [9.17, 15) is 4.79 Å². The number of hydrogen-bond donors (Lipinski definition) is 1. The fraction of sp³-hybridized carbons (Fsp3) is 0.312. The highest BCUT2D eigenvalue weighted by molar-refractivity contribution is 5.96. The van der Waals surface area contributed by atoms with Crippen LogP contribution in [0.1, 0.15) is 23.8 Å². The molecule has 21 heavy (non-hydrogen) atoms. The SMILES string of the molecule is CC1CN(C(=O)c2ccc3ccccc3n2)CC/C1=N\O. The van der Waals surface area contributed by atoms with E-state index in [0.29, 0.717) is 25.2 Å². The second kappa shape index (κ2) is 5.52. The molecule has 5 nitrogen and oxygen atoms in total. The Bertz CT molecular complexity index is 711. The summed E-state index contributed by atoms with van der Waals surface area (Å²) in [7, 11) is 0. The Morgan fingerprint density at radius 3 is 2.90 bits per heavy atom. The minimum atomic E-state index is -0.0652. The lowest BCUT2D eigenvalue weighted by molar-refractivity contribution is 0.0728. The maximum atomic E-state index is 12.5. The maximum Gasteiger partial charge on any atom is 0.272 e. The van der Waals surface area contributed by atoms with E-state index in [-0.39, 0.29) is 11.8 Å². The summed E-state index contributed by atoms with van der Waals surface area (Å²) in [6.07, 6.45) is 0.608. The van der Waals surface area contributed by atoms with Gasteiger partial charge in [0.25, 0.3) is 5.91 Å². The average Bonchev–Trinajstić information content (AvgIpc) is 2.53. The van der Waals surface area contributed by atoms with Crippen LogP contribution in [0.25, 0.3) is 10.9 Å². The van der Waals surface area contributed by atoms with Gasteiger partial charge < -0.3 is 10.1 Å². The van der Waals surface area contributed by atoms with E-state index in [1.165, 1.54) is 0 Å². The molecule has 1 unspecified atom stereocenters. The molecular weight excluding hydrogens is 266 g/mol. The largest absolute Gasteiger partial charge is 0.411 e. The Hall–Kier alpha value is -2.43. The van der Waals surface area contributed by atoms with E-state index in [1.54, 1.807) is 11.0 Å². The number of carbonyl (C=O) groups is 1. The van der Waals surface area contributed by atoms with Gasteiger partial charge in [-0.05, 0) is 12.1 Å². The molecule has 3 rings (SSSR count). The molecule has 1 aromatic carbocycles. The van der Waals surface area contributed by atoms with Gasteiger partial charge in [0.1, 0.15) is 5.69 Å². The lowest BCUT2D eigenvalue weighted by atomic mass is 9.97. The maximum absolute atomic E-state index is 12.5. The molecule has 1 atom stereocenters. The first kappa shape index (κ1) is 13.5. The lowest BCUT2D eigenvalue weighted by Crippen LogP contribution is -2.43. The Morgan fingerprint density at radius 2 is 2.14 bits per heavy atom. The summed E-state index contributed by atoms with van der Waals surface area (Å²) in [6, 6.07) is 11.4. The number of amides is 1. The number of benzene rings is 1. The monoisotopic (exact) mass is 283 g/mol. The number of fused-ring (bicyclic) bond motifs is 1. The van der Waals surface area contributed by atoms with Crippen molar-refractivity contribution >= 4 is 22.5 Å². The van der Waals surface area contributed by atoms with Crippen molar-refractivity contribution < 1.29 is 10.0 Å². The van der Waals surface area contributed by atoms with Crippen LogP contribution in [0, 0.1) is 5.92 Å². The van der Waals surface area contributed by atoms with Gasteiger partial charge >= 0.3 is 0 Å². The van der Waals surface area contributed by atoms with E-state index in [2.05, 4.69) is 10.1 Å². The molecule has 1 aromatic heterocycles. The van der Waals surface area contributed by atoms with Gasteiger partial charge in [0, 0.05) is 30.8 Å². The van der Waals surface area contributed by atoms with Crippen molar-refractivity contribution in [2.45, 2.75) is 13.3 Å². The molecule has 0 saturated carbocycles. The second-order valence-electron chi connectivity index (χ2n) is 5.38. The van der Waals surface area contributed by atoms with Crippen LogP contribution >= 0.6 is 0 Å². The molecular formula is C16H17N3O2. The highest BCUT2D eigenvalue weighted by Gasteiger charge is 2.27. The molecule has 1 fully saturated rings. The summed E-state index contributed by atoms with van der Waals surface area (Å²) >= 11 is 0. The van der Waals surface area contributed by atoms with E-state index < -0.39 is 0 Å². The molecule has 2 heterocycles. The quantitative estimate of drug-likeness (QED) is 0.646. The zero-order valence-corrected chi connectivity index (χ0v) is 11.9.